The Kier molecular flexibility index (Phi) is 3.76. The molecule has 1 aromatic heterocycles. The highest BCUT2D eigenvalue weighted by Gasteiger charge is 2.08. The zero-order chi connectivity index (χ0) is 12.3. The first kappa shape index (κ1) is 12.1. The molecule has 0 unspecified atom stereocenters. The van der Waals surface area contributed by atoms with Crippen LogP contribution in [0.1, 0.15) is 16.3 Å². The van der Waals surface area contributed by atoms with Gasteiger partial charge in [-0.1, -0.05) is 17.7 Å². The topological polar surface area (TPSA) is 50.4 Å². The lowest BCUT2D eigenvalue weighted by Gasteiger charge is -1.99. The molecule has 0 amide bonds. The van der Waals surface area contributed by atoms with E-state index in [-0.39, 0.29) is 5.76 Å². The average Bonchev–Trinajstić information content (AvgIpc) is 2.75. The highest BCUT2D eigenvalue weighted by Crippen LogP contribution is 2.25. The molecule has 3 nitrogen and oxygen atoms in total. The number of thioether (sulfide) groups is 1. The van der Waals surface area contributed by atoms with Gasteiger partial charge in [-0.2, -0.15) is 0 Å². The molecule has 1 aromatic carbocycles. The lowest BCUT2D eigenvalue weighted by molar-refractivity contribution is 0.0661. The maximum absolute atomic E-state index is 10.6. The van der Waals surface area contributed by atoms with Gasteiger partial charge in [0.15, 0.2) is 0 Å². The molecule has 0 radical (unpaired) electrons. The number of carboxylic acid groups (broad SMARTS) is 1. The van der Waals surface area contributed by atoms with Crippen LogP contribution in [0.2, 0.25) is 5.02 Å². The molecular formula is C12H9ClO3S. The van der Waals surface area contributed by atoms with E-state index < -0.39 is 5.97 Å². The maximum atomic E-state index is 10.6. The summed E-state index contributed by atoms with van der Waals surface area (Å²) in [7, 11) is 0. The molecule has 2 rings (SSSR count). The van der Waals surface area contributed by atoms with Crippen molar-refractivity contribution in [2.45, 2.75) is 10.6 Å². The predicted molar refractivity (Wildman–Crippen MR) is 66.7 cm³/mol. The van der Waals surface area contributed by atoms with E-state index in [1.807, 2.05) is 18.2 Å². The smallest absolute Gasteiger partial charge is 0.371 e. The molecule has 0 fully saturated rings. The Morgan fingerprint density at radius 3 is 2.82 bits per heavy atom. The van der Waals surface area contributed by atoms with Crippen molar-refractivity contribution < 1.29 is 14.3 Å². The van der Waals surface area contributed by atoms with Gasteiger partial charge in [-0.25, -0.2) is 4.79 Å². The van der Waals surface area contributed by atoms with Gasteiger partial charge in [0.25, 0.3) is 0 Å². The zero-order valence-corrected chi connectivity index (χ0v) is 10.3. The van der Waals surface area contributed by atoms with E-state index >= 15 is 0 Å². The van der Waals surface area contributed by atoms with Crippen molar-refractivity contribution in [3.8, 4) is 0 Å². The summed E-state index contributed by atoms with van der Waals surface area (Å²) in [6.45, 7) is 0. The van der Waals surface area contributed by atoms with Crippen LogP contribution in [0.4, 0.5) is 0 Å². The molecule has 1 N–H and O–H groups in total. The number of hydrogen-bond donors (Lipinski definition) is 1. The van der Waals surface area contributed by atoms with Crippen molar-refractivity contribution in [3.05, 3.63) is 52.9 Å². The maximum Gasteiger partial charge on any atom is 0.371 e. The summed E-state index contributed by atoms with van der Waals surface area (Å²) < 4.78 is 5.14. The third-order valence-corrected chi connectivity index (χ3v) is 3.30. The van der Waals surface area contributed by atoms with Gasteiger partial charge in [0, 0.05) is 9.92 Å². The van der Waals surface area contributed by atoms with E-state index in [1.54, 1.807) is 23.9 Å². The molecule has 17 heavy (non-hydrogen) atoms. The Morgan fingerprint density at radius 1 is 1.35 bits per heavy atom. The second kappa shape index (κ2) is 5.29. The molecule has 2 aromatic rings. The fourth-order valence-electron chi connectivity index (χ4n) is 1.28. The first-order valence-electron chi connectivity index (χ1n) is 4.85. The molecule has 0 atom stereocenters. The van der Waals surface area contributed by atoms with Gasteiger partial charge in [0.1, 0.15) is 5.76 Å². The van der Waals surface area contributed by atoms with E-state index in [2.05, 4.69) is 0 Å². The summed E-state index contributed by atoms with van der Waals surface area (Å²) in [6, 6.07) is 10.6. The van der Waals surface area contributed by atoms with Crippen molar-refractivity contribution in [1.82, 2.24) is 0 Å². The summed E-state index contributed by atoms with van der Waals surface area (Å²) in [5.41, 5.74) is 0. The third-order valence-electron chi connectivity index (χ3n) is 2.05. The molecule has 5 heteroatoms. The fraction of sp³-hybridized carbons (Fsp3) is 0.0833. The Balaban J connectivity index is 2.00. The molecule has 0 bridgehead atoms. The molecule has 1 heterocycles. The zero-order valence-electron chi connectivity index (χ0n) is 8.72. The van der Waals surface area contributed by atoms with E-state index in [0.29, 0.717) is 16.5 Å². The minimum absolute atomic E-state index is 0.0355. The van der Waals surface area contributed by atoms with Crippen LogP contribution in [0, 0.1) is 0 Å². The molecule has 0 aliphatic heterocycles. The summed E-state index contributed by atoms with van der Waals surface area (Å²) in [5.74, 6) is 0.122. The highest BCUT2D eigenvalue weighted by molar-refractivity contribution is 7.98. The SMILES string of the molecule is O=C(O)c1ccc(CSc2cccc(Cl)c2)o1. The minimum atomic E-state index is -1.05. The van der Waals surface area contributed by atoms with Crippen LogP contribution in [0.25, 0.3) is 0 Å². The lowest BCUT2D eigenvalue weighted by Crippen LogP contribution is -1.91. The van der Waals surface area contributed by atoms with Crippen molar-refractivity contribution in [3.63, 3.8) is 0 Å². The number of carboxylic acids is 1. The summed E-state index contributed by atoms with van der Waals surface area (Å²) >= 11 is 7.40. The van der Waals surface area contributed by atoms with Crippen LogP contribution >= 0.6 is 23.4 Å². The number of rotatable bonds is 4. The molecule has 0 saturated heterocycles. The van der Waals surface area contributed by atoms with Gasteiger partial charge in [-0.05, 0) is 30.3 Å². The standard InChI is InChI=1S/C12H9ClO3S/c13-8-2-1-3-10(6-8)17-7-9-4-5-11(16-9)12(14)15/h1-6H,7H2,(H,14,15). The van der Waals surface area contributed by atoms with Crippen molar-refractivity contribution in [2.75, 3.05) is 0 Å². The van der Waals surface area contributed by atoms with Crippen LogP contribution < -0.4 is 0 Å². The number of aromatic carboxylic acids is 1. The summed E-state index contributed by atoms with van der Waals surface area (Å²) in [5, 5.41) is 9.38. The van der Waals surface area contributed by atoms with Crippen LogP contribution in [0.5, 0.6) is 0 Å². The van der Waals surface area contributed by atoms with Crippen molar-refractivity contribution in [2.24, 2.45) is 0 Å². The third kappa shape index (κ3) is 3.28. The Labute approximate surface area is 107 Å². The van der Waals surface area contributed by atoms with Crippen LogP contribution in [-0.2, 0) is 5.75 Å². The second-order valence-electron chi connectivity index (χ2n) is 3.32. The van der Waals surface area contributed by atoms with E-state index in [4.69, 9.17) is 21.1 Å². The number of carbonyl (C=O) groups is 1. The van der Waals surface area contributed by atoms with Crippen LogP contribution in [-0.4, -0.2) is 11.1 Å². The van der Waals surface area contributed by atoms with Gasteiger partial charge >= 0.3 is 5.97 Å². The van der Waals surface area contributed by atoms with Crippen molar-refractivity contribution in [1.29, 1.82) is 0 Å². The molecular weight excluding hydrogens is 260 g/mol. The van der Waals surface area contributed by atoms with Gasteiger partial charge in [0.2, 0.25) is 5.76 Å². The van der Waals surface area contributed by atoms with Gasteiger partial charge < -0.3 is 9.52 Å². The Morgan fingerprint density at radius 2 is 2.18 bits per heavy atom. The van der Waals surface area contributed by atoms with Gasteiger partial charge in [-0.3, -0.25) is 0 Å². The fourth-order valence-corrected chi connectivity index (χ4v) is 2.39. The molecule has 0 spiro atoms. The Hall–Kier alpha value is -1.39. The highest BCUT2D eigenvalue weighted by atomic mass is 35.5. The van der Waals surface area contributed by atoms with Crippen LogP contribution in [0.3, 0.4) is 0 Å². The molecule has 88 valence electrons. The van der Waals surface area contributed by atoms with Gasteiger partial charge in [-0.15, -0.1) is 11.8 Å². The normalized spacial score (nSPS) is 10.4. The average molecular weight is 269 g/mol. The first-order valence-corrected chi connectivity index (χ1v) is 6.22. The summed E-state index contributed by atoms with van der Waals surface area (Å²) in [6.07, 6.45) is 0. The van der Waals surface area contributed by atoms with Crippen LogP contribution in [0.15, 0.2) is 45.7 Å². The lowest BCUT2D eigenvalue weighted by atomic mass is 10.4. The van der Waals surface area contributed by atoms with E-state index in [0.717, 1.165) is 4.90 Å². The monoisotopic (exact) mass is 268 g/mol. The number of benzene rings is 1. The number of furan rings is 1. The molecule has 0 saturated carbocycles. The predicted octanol–water partition coefficient (Wildman–Crippen LogP) is 3.92. The summed E-state index contributed by atoms with van der Waals surface area (Å²) in [4.78, 5) is 11.6. The quantitative estimate of drug-likeness (QED) is 0.854. The minimum Gasteiger partial charge on any atom is -0.475 e. The van der Waals surface area contributed by atoms with E-state index in [1.165, 1.54) is 6.07 Å². The largest absolute Gasteiger partial charge is 0.475 e. The second-order valence-corrected chi connectivity index (χ2v) is 4.80. The molecule has 0 aliphatic rings. The van der Waals surface area contributed by atoms with Crippen molar-refractivity contribution >= 4 is 29.3 Å². The molecule has 0 aliphatic carbocycles. The van der Waals surface area contributed by atoms with E-state index in [9.17, 15) is 4.79 Å². The first-order chi connectivity index (χ1) is 8.15. The number of halogens is 1. The number of hydrogen-bond acceptors (Lipinski definition) is 3. The van der Waals surface area contributed by atoms with Gasteiger partial charge in [0.05, 0.1) is 5.75 Å². The Bertz CT molecular complexity index is 536.